The number of hydrogen-bond donors (Lipinski definition) is 2. The van der Waals surface area contributed by atoms with Crippen molar-refractivity contribution in [2.75, 3.05) is 6.61 Å². The number of benzene rings is 1. The highest BCUT2D eigenvalue weighted by molar-refractivity contribution is 6.30. The molecule has 1 aromatic rings. The summed E-state index contributed by atoms with van der Waals surface area (Å²) in [6.45, 7) is -0.672. The summed E-state index contributed by atoms with van der Waals surface area (Å²) in [4.78, 5) is 0. The number of hydrogen-bond acceptors (Lipinski definition) is 2. The minimum absolute atomic E-state index is 0.456. The molecule has 2 nitrogen and oxygen atoms in total. The first-order valence-electron chi connectivity index (χ1n) is 4.20. The van der Waals surface area contributed by atoms with Crippen molar-refractivity contribution in [2.45, 2.75) is 12.2 Å². The van der Waals surface area contributed by atoms with Crippen LogP contribution in [0.2, 0.25) is 5.02 Å². The Morgan fingerprint density at radius 2 is 1.94 bits per heavy atom. The van der Waals surface area contributed by atoms with Gasteiger partial charge in [0.05, 0.1) is 23.2 Å². The Morgan fingerprint density at radius 1 is 1.38 bits per heavy atom. The lowest BCUT2D eigenvalue weighted by atomic mass is 10.0. The topological polar surface area (TPSA) is 46.2 Å². The van der Waals surface area contributed by atoms with Gasteiger partial charge in [-0.15, -0.1) is 0 Å². The summed E-state index contributed by atoms with van der Waals surface area (Å²) in [6, 6.07) is -0.216. The molecular weight excluding hydrogens is 250 g/mol. The van der Waals surface area contributed by atoms with Crippen molar-refractivity contribution in [1.29, 1.82) is 0 Å². The van der Waals surface area contributed by atoms with E-state index in [1.54, 1.807) is 0 Å². The first kappa shape index (κ1) is 13.2. The molecule has 0 unspecified atom stereocenters. The minimum Gasteiger partial charge on any atom is -0.394 e. The molecule has 0 spiro atoms. The van der Waals surface area contributed by atoms with Crippen LogP contribution in [0.4, 0.5) is 17.6 Å². The number of nitrogens with two attached hydrogens (primary N) is 1. The van der Waals surface area contributed by atoms with Gasteiger partial charge in [0.15, 0.2) is 0 Å². The first-order valence-corrected chi connectivity index (χ1v) is 4.57. The van der Waals surface area contributed by atoms with Crippen molar-refractivity contribution in [2.24, 2.45) is 5.73 Å². The zero-order valence-electron chi connectivity index (χ0n) is 7.85. The van der Waals surface area contributed by atoms with Crippen molar-refractivity contribution in [3.05, 3.63) is 34.1 Å². The van der Waals surface area contributed by atoms with Crippen LogP contribution in [-0.4, -0.2) is 11.7 Å². The molecule has 16 heavy (non-hydrogen) atoms. The van der Waals surface area contributed by atoms with Crippen molar-refractivity contribution in [3.63, 3.8) is 0 Å². The average Bonchev–Trinajstić information content (AvgIpc) is 2.19. The van der Waals surface area contributed by atoms with Gasteiger partial charge in [-0.05, 0) is 12.1 Å². The van der Waals surface area contributed by atoms with Crippen LogP contribution in [0, 0.1) is 5.82 Å². The number of aliphatic hydroxyl groups excluding tert-OH is 1. The van der Waals surface area contributed by atoms with E-state index < -0.39 is 40.8 Å². The van der Waals surface area contributed by atoms with Gasteiger partial charge in [0.25, 0.3) is 0 Å². The van der Waals surface area contributed by atoms with Crippen LogP contribution in [0.1, 0.15) is 17.2 Å². The number of alkyl halides is 3. The van der Waals surface area contributed by atoms with Gasteiger partial charge in [-0.3, -0.25) is 0 Å². The van der Waals surface area contributed by atoms with Crippen LogP contribution in [-0.2, 0) is 6.18 Å². The maximum absolute atomic E-state index is 13.3. The predicted molar refractivity (Wildman–Crippen MR) is 50.4 cm³/mol. The van der Waals surface area contributed by atoms with Gasteiger partial charge < -0.3 is 10.8 Å². The Bertz CT molecular complexity index is 394. The Kier molecular flexibility index (Phi) is 3.77. The predicted octanol–water partition coefficient (Wildman–Crippen LogP) is 2.49. The molecule has 1 atom stereocenters. The summed E-state index contributed by atoms with van der Waals surface area (Å²) in [5, 5.41) is 8.01. The van der Waals surface area contributed by atoms with Crippen LogP contribution >= 0.6 is 11.6 Å². The van der Waals surface area contributed by atoms with Crippen molar-refractivity contribution in [1.82, 2.24) is 0 Å². The third kappa shape index (κ3) is 2.63. The second kappa shape index (κ2) is 4.57. The lowest BCUT2D eigenvalue weighted by molar-refractivity contribution is -0.137. The van der Waals surface area contributed by atoms with Gasteiger partial charge in [-0.25, -0.2) is 4.39 Å². The highest BCUT2D eigenvalue weighted by atomic mass is 35.5. The fourth-order valence-electron chi connectivity index (χ4n) is 1.14. The van der Waals surface area contributed by atoms with E-state index in [1.807, 2.05) is 0 Å². The molecule has 7 heteroatoms. The Hall–Kier alpha value is -0.850. The van der Waals surface area contributed by atoms with Gasteiger partial charge in [0.1, 0.15) is 5.82 Å². The summed E-state index contributed by atoms with van der Waals surface area (Å²) in [7, 11) is 0. The largest absolute Gasteiger partial charge is 0.416 e. The molecule has 90 valence electrons. The minimum atomic E-state index is -4.64. The summed E-state index contributed by atoms with van der Waals surface area (Å²) in [5.74, 6) is -1.05. The lowest BCUT2D eigenvalue weighted by Gasteiger charge is -2.14. The SMILES string of the molecule is N[C@H](CO)c1cc(C(F)(F)F)cc(Cl)c1F. The van der Waals surface area contributed by atoms with Crippen LogP contribution in [0.3, 0.4) is 0 Å². The molecule has 0 saturated carbocycles. The van der Waals surface area contributed by atoms with Gasteiger partial charge >= 0.3 is 6.18 Å². The zero-order valence-corrected chi connectivity index (χ0v) is 8.61. The van der Waals surface area contributed by atoms with Gasteiger partial charge in [0, 0.05) is 5.56 Å². The molecule has 0 aromatic heterocycles. The molecule has 0 aliphatic rings. The summed E-state index contributed by atoms with van der Waals surface area (Å²) in [5.41, 5.74) is 3.70. The Balaban J connectivity index is 3.33. The van der Waals surface area contributed by atoms with Crippen LogP contribution in [0.5, 0.6) is 0 Å². The number of rotatable bonds is 2. The molecule has 3 N–H and O–H groups in total. The monoisotopic (exact) mass is 257 g/mol. The normalized spacial score (nSPS) is 13.9. The standard InChI is InChI=1S/C9H8ClF4NO/c10-6-2-4(9(12,13)14)1-5(8(6)11)7(15)3-16/h1-2,7,16H,3,15H2/t7-/m1/s1. The average molecular weight is 258 g/mol. The van der Waals surface area contributed by atoms with Gasteiger partial charge in [0.2, 0.25) is 0 Å². The van der Waals surface area contributed by atoms with Crippen molar-refractivity contribution < 1.29 is 22.7 Å². The molecule has 1 rings (SSSR count). The zero-order chi connectivity index (χ0) is 12.5. The highest BCUT2D eigenvalue weighted by Gasteiger charge is 2.32. The van der Waals surface area contributed by atoms with E-state index in [0.29, 0.717) is 12.1 Å². The molecule has 0 aliphatic carbocycles. The second-order valence-corrected chi connectivity index (χ2v) is 3.56. The molecule has 0 saturated heterocycles. The molecule has 0 heterocycles. The van der Waals surface area contributed by atoms with Crippen molar-refractivity contribution >= 4 is 11.6 Å². The maximum atomic E-state index is 13.3. The summed E-state index contributed by atoms with van der Waals surface area (Å²) < 4.78 is 50.4. The van der Waals surface area contributed by atoms with E-state index in [1.165, 1.54) is 0 Å². The quantitative estimate of drug-likeness (QED) is 0.800. The van der Waals surface area contributed by atoms with Crippen molar-refractivity contribution in [3.8, 4) is 0 Å². The molecule has 1 aromatic carbocycles. The molecule has 0 aliphatic heterocycles. The fourth-order valence-corrected chi connectivity index (χ4v) is 1.37. The number of aliphatic hydroxyl groups is 1. The molecule has 0 fully saturated rings. The summed E-state index contributed by atoms with van der Waals surface area (Å²) in [6.07, 6.45) is -4.64. The number of halogens is 5. The first-order chi connectivity index (χ1) is 7.27. The van der Waals surface area contributed by atoms with Gasteiger partial charge in [-0.2, -0.15) is 13.2 Å². The summed E-state index contributed by atoms with van der Waals surface area (Å²) >= 11 is 5.31. The second-order valence-electron chi connectivity index (χ2n) is 3.15. The van der Waals surface area contributed by atoms with Gasteiger partial charge in [-0.1, -0.05) is 11.6 Å². The third-order valence-corrected chi connectivity index (χ3v) is 2.25. The molecule has 0 amide bonds. The van der Waals surface area contributed by atoms with E-state index in [-0.39, 0.29) is 0 Å². The van der Waals surface area contributed by atoms with E-state index in [4.69, 9.17) is 22.4 Å². The van der Waals surface area contributed by atoms with E-state index in [0.717, 1.165) is 0 Å². The molecular formula is C9H8ClF4NO. The fraction of sp³-hybridized carbons (Fsp3) is 0.333. The molecule has 0 bridgehead atoms. The Morgan fingerprint density at radius 3 is 2.38 bits per heavy atom. The maximum Gasteiger partial charge on any atom is 0.416 e. The molecule has 0 radical (unpaired) electrons. The van der Waals surface area contributed by atoms with Crippen LogP contribution in [0.25, 0.3) is 0 Å². The van der Waals surface area contributed by atoms with E-state index >= 15 is 0 Å². The van der Waals surface area contributed by atoms with Crippen LogP contribution < -0.4 is 5.73 Å². The highest BCUT2D eigenvalue weighted by Crippen LogP contribution is 2.34. The van der Waals surface area contributed by atoms with E-state index in [9.17, 15) is 17.6 Å². The Labute approximate surface area is 93.6 Å². The lowest BCUT2D eigenvalue weighted by Crippen LogP contribution is -2.18. The smallest absolute Gasteiger partial charge is 0.394 e. The van der Waals surface area contributed by atoms with E-state index in [2.05, 4.69) is 0 Å². The third-order valence-electron chi connectivity index (χ3n) is 1.98. The van der Waals surface area contributed by atoms with Crippen LogP contribution in [0.15, 0.2) is 12.1 Å².